The van der Waals surface area contributed by atoms with Gasteiger partial charge in [0.15, 0.2) is 11.5 Å². The number of carbonyl (C=O) groups is 1. The Morgan fingerprint density at radius 3 is 2.72 bits per heavy atom. The molecule has 7 heteroatoms. The molecule has 0 bridgehead atoms. The number of phenols is 1. The Kier molecular flexibility index (Phi) is 5.55. The van der Waals surface area contributed by atoms with Crippen molar-refractivity contribution < 1.29 is 24.1 Å². The summed E-state index contributed by atoms with van der Waals surface area (Å²) < 4.78 is 15.8. The highest BCUT2D eigenvalue weighted by Gasteiger charge is 2.36. The highest BCUT2D eigenvalue weighted by Crippen LogP contribution is 2.41. The van der Waals surface area contributed by atoms with Crippen LogP contribution in [-0.2, 0) is 14.3 Å². The molecule has 1 heterocycles. The molecule has 0 saturated heterocycles. The van der Waals surface area contributed by atoms with Gasteiger partial charge in [0.05, 0.1) is 24.7 Å². The maximum absolute atomic E-state index is 12.4. The van der Waals surface area contributed by atoms with Crippen LogP contribution in [0.2, 0.25) is 0 Å². The number of nitrogens with two attached hydrogens (primary N) is 1. The largest absolute Gasteiger partial charge is 0.504 e. The van der Waals surface area contributed by atoms with Crippen molar-refractivity contribution in [3.8, 4) is 17.6 Å². The van der Waals surface area contributed by atoms with Crippen molar-refractivity contribution in [2.45, 2.75) is 26.7 Å². The fourth-order valence-corrected chi connectivity index (χ4v) is 2.67. The van der Waals surface area contributed by atoms with E-state index in [0.29, 0.717) is 12.2 Å². The lowest BCUT2D eigenvalue weighted by Crippen LogP contribution is -2.25. The van der Waals surface area contributed by atoms with E-state index >= 15 is 0 Å². The van der Waals surface area contributed by atoms with Crippen molar-refractivity contribution in [3.63, 3.8) is 0 Å². The van der Waals surface area contributed by atoms with E-state index < -0.39 is 11.9 Å². The second kappa shape index (κ2) is 7.62. The van der Waals surface area contributed by atoms with Crippen LogP contribution >= 0.6 is 0 Å². The van der Waals surface area contributed by atoms with E-state index in [0.717, 1.165) is 0 Å². The van der Waals surface area contributed by atoms with Gasteiger partial charge >= 0.3 is 5.97 Å². The minimum absolute atomic E-state index is 0.0356. The first-order valence-electron chi connectivity index (χ1n) is 7.85. The number of benzene rings is 1. The molecule has 2 rings (SSSR count). The van der Waals surface area contributed by atoms with Crippen LogP contribution in [0.15, 0.2) is 41.0 Å². The predicted octanol–water partition coefficient (Wildman–Crippen LogP) is 2.44. The van der Waals surface area contributed by atoms with Gasteiger partial charge in [0.2, 0.25) is 5.88 Å². The molecule has 3 N–H and O–H groups in total. The van der Waals surface area contributed by atoms with Gasteiger partial charge < -0.3 is 25.1 Å². The number of rotatable bonds is 5. The molecule has 0 amide bonds. The van der Waals surface area contributed by atoms with Gasteiger partial charge in [-0.05, 0) is 38.5 Å². The number of aromatic hydroxyl groups is 1. The molecule has 132 valence electrons. The Bertz CT molecular complexity index is 789. The van der Waals surface area contributed by atoms with Gasteiger partial charge in [-0.25, -0.2) is 4.79 Å². The Morgan fingerprint density at radius 2 is 2.12 bits per heavy atom. The smallest absolute Gasteiger partial charge is 0.338 e. The summed E-state index contributed by atoms with van der Waals surface area (Å²) in [5.74, 6) is -0.932. The van der Waals surface area contributed by atoms with E-state index in [1.807, 2.05) is 6.07 Å². The van der Waals surface area contributed by atoms with Crippen LogP contribution in [0.3, 0.4) is 0 Å². The highest BCUT2D eigenvalue weighted by atomic mass is 16.5. The number of esters is 1. The summed E-state index contributed by atoms with van der Waals surface area (Å²) in [4.78, 5) is 12.4. The van der Waals surface area contributed by atoms with Crippen molar-refractivity contribution in [2.75, 3.05) is 13.2 Å². The molecule has 0 saturated carbocycles. The van der Waals surface area contributed by atoms with E-state index in [1.165, 1.54) is 6.07 Å². The third-order valence-electron chi connectivity index (χ3n) is 3.72. The number of nitriles is 1. The number of carbonyl (C=O) groups excluding carboxylic acids is 1. The summed E-state index contributed by atoms with van der Waals surface area (Å²) in [7, 11) is 0. The summed E-state index contributed by atoms with van der Waals surface area (Å²) >= 11 is 0. The molecular weight excluding hydrogens is 324 g/mol. The molecule has 25 heavy (non-hydrogen) atoms. The summed E-state index contributed by atoms with van der Waals surface area (Å²) in [5.41, 5.74) is 6.69. The Balaban J connectivity index is 2.62. The van der Waals surface area contributed by atoms with Crippen molar-refractivity contribution in [1.82, 2.24) is 0 Å². The summed E-state index contributed by atoms with van der Waals surface area (Å²) in [6.07, 6.45) is 0. The summed E-state index contributed by atoms with van der Waals surface area (Å²) in [6, 6.07) is 6.62. The van der Waals surface area contributed by atoms with Crippen molar-refractivity contribution >= 4 is 5.97 Å². The average Bonchev–Trinajstić information content (AvgIpc) is 2.56. The molecule has 1 aliphatic rings. The van der Waals surface area contributed by atoms with Crippen LogP contribution in [0.1, 0.15) is 32.3 Å². The molecule has 1 aliphatic heterocycles. The fraction of sp³-hybridized carbons (Fsp3) is 0.333. The van der Waals surface area contributed by atoms with Crippen LogP contribution in [0, 0.1) is 11.3 Å². The van der Waals surface area contributed by atoms with Gasteiger partial charge in [-0.1, -0.05) is 6.07 Å². The topological polar surface area (TPSA) is 115 Å². The zero-order valence-corrected chi connectivity index (χ0v) is 14.3. The first-order valence-corrected chi connectivity index (χ1v) is 7.85. The molecule has 1 aromatic rings. The third-order valence-corrected chi connectivity index (χ3v) is 3.72. The van der Waals surface area contributed by atoms with Gasteiger partial charge in [0.1, 0.15) is 17.4 Å². The highest BCUT2D eigenvalue weighted by molar-refractivity contribution is 5.92. The minimum atomic E-state index is -0.766. The van der Waals surface area contributed by atoms with E-state index in [4.69, 9.17) is 19.9 Å². The molecule has 1 aromatic carbocycles. The Labute approximate surface area is 145 Å². The lowest BCUT2D eigenvalue weighted by atomic mass is 9.83. The fourth-order valence-electron chi connectivity index (χ4n) is 2.67. The number of allylic oxidation sites excluding steroid dienone is 2. The van der Waals surface area contributed by atoms with E-state index in [1.54, 1.807) is 32.9 Å². The van der Waals surface area contributed by atoms with Crippen LogP contribution in [0.25, 0.3) is 0 Å². The molecule has 1 atom stereocenters. The van der Waals surface area contributed by atoms with E-state index in [-0.39, 0.29) is 40.9 Å². The predicted molar refractivity (Wildman–Crippen MR) is 89.3 cm³/mol. The quantitative estimate of drug-likeness (QED) is 0.788. The SMILES string of the molecule is CCOC(=O)C1=C(C)OC(N)=C(C#N)[C@@H]1c1ccc(O)c(OCC)c1. The van der Waals surface area contributed by atoms with Crippen molar-refractivity contribution in [2.24, 2.45) is 5.73 Å². The number of ether oxygens (including phenoxy) is 3. The number of hydrogen-bond donors (Lipinski definition) is 2. The molecule has 0 fully saturated rings. The number of nitrogens with zero attached hydrogens (tertiary/aromatic N) is 1. The van der Waals surface area contributed by atoms with Gasteiger partial charge in [0, 0.05) is 0 Å². The zero-order chi connectivity index (χ0) is 18.6. The average molecular weight is 344 g/mol. The second-order valence-corrected chi connectivity index (χ2v) is 5.28. The summed E-state index contributed by atoms with van der Waals surface area (Å²) in [6.45, 7) is 5.60. The summed E-state index contributed by atoms with van der Waals surface area (Å²) in [5, 5.41) is 19.4. The maximum Gasteiger partial charge on any atom is 0.338 e. The molecule has 0 unspecified atom stereocenters. The van der Waals surface area contributed by atoms with Gasteiger partial charge in [-0.15, -0.1) is 0 Å². The molecule has 0 spiro atoms. The van der Waals surface area contributed by atoms with Crippen molar-refractivity contribution in [3.05, 3.63) is 46.6 Å². The van der Waals surface area contributed by atoms with Crippen LogP contribution in [-0.4, -0.2) is 24.3 Å². The Morgan fingerprint density at radius 1 is 1.40 bits per heavy atom. The molecule has 0 aliphatic carbocycles. The van der Waals surface area contributed by atoms with Crippen molar-refractivity contribution in [1.29, 1.82) is 5.26 Å². The van der Waals surface area contributed by atoms with Crippen LogP contribution in [0.5, 0.6) is 11.5 Å². The standard InChI is InChI=1S/C18H20N2O5/c1-4-23-14-8-11(6-7-13(14)21)16-12(9-19)17(20)25-10(3)15(16)18(22)24-5-2/h6-8,16,21H,4-5,20H2,1-3H3/t16-/m0/s1. The molecule has 0 radical (unpaired) electrons. The monoisotopic (exact) mass is 344 g/mol. The van der Waals surface area contributed by atoms with Gasteiger partial charge in [-0.2, -0.15) is 5.26 Å². The Hall–Kier alpha value is -3.14. The normalized spacial score (nSPS) is 17.0. The van der Waals surface area contributed by atoms with Gasteiger partial charge in [-0.3, -0.25) is 0 Å². The molecule has 0 aromatic heterocycles. The maximum atomic E-state index is 12.4. The number of hydrogen-bond acceptors (Lipinski definition) is 7. The molecular formula is C18H20N2O5. The third kappa shape index (κ3) is 3.53. The van der Waals surface area contributed by atoms with E-state index in [2.05, 4.69) is 0 Å². The van der Waals surface area contributed by atoms with Gasteiger partial charge in [0.25, 0.3) is 0 Å². The first-order chi connectivity index (χ1) is 11.9. The lowest BCUT2D eigenvalue weighted by Gasteiger charge is -2.27. The number of phenolic OH excluding ortho intramolecular Hbond substituents is 1. The molecule has 7 nitrogen and oxygen atoms in total. The first kappa shape index (κ1) is 18.2. The van der Waals surface area contributed by atoms with E-state index in [9.17, 15) is 15.2 Å². The van der Waals surface area contributed by atoms with Crippen LogP contribution in [0.4, 0.5) is 0 Å². The minimum Gasteiger partial charge on any atom is -0.504 e. The second-order valence-electron chi connectivity index (χ2n) is 5.28. The van der Waals surface area contributed by atoms with Crippen LogP contribution < -0.4 is 10.5 Å². The lowest BCUT2D eigenvalue weighted by molar-refractivity contribution is -0.139. The zero-order valence-electron chi connectivity index (χ0n) is 14.3.